The number of carbonyl (C=O) groups excluding carboxylic acids is 1. The highest BCUT2D eigenvalue weighted by molar-refractivity contribution is 14.1. The Kier molecular flexibility index (Phi) is 6.29. The first-order valence-electron chi connectivity index (χ1n) is 5.28. The lowest BCUT2D eigenvalue weighted by Gasteiger charge is -2.21. The fourth-order valence-corrected chi connectivity index (χ4v) is 2.62. The van der Waals surface area contributed by atoms with Gasteiger partial charge in [-0.1, -0.05) is 6.07 Å². The van der Waals surface area contributed by atoms with E-state index in [1.54, 1.807) is 17.8 Å². The van der Waals surface area contributed by atoms with Gasteiger partial charge in [-0.15, -0.1) is 0 Å². The van der Waals surface area contributed by atoms with E-state index in [0.29, 0.717) is 5.56 Å². The van der Waals surface area contributed by atoms with Crippen LogP contribution in [0, 0.1) is 3.57 Å². The zero-order valence-corrected chi connectivity index (χ0v) is 12.8. The van der Waals surface area contributed by atoms with Gasteiger partial charge in [0.05, 0.1) is 6.61 Å². The maximum Gasteiger partial charge on any atom is 0.251 e. The second kappa shape index (κ2) is 7.23. The van der Waals surface area contributed by atoms with Crippen molar-refractivity contribution < 1.29 is 9.90 Å². The summed E-state index contributed by atoms with van der Waals surface area (Å²) in [6.07, 6.45) is 1.93. The van der Waals surface area contributed by atoms with Gasteiger partial charge in [0.2, 0.25) is 0 Å². The van der Waals surface area contributed by atoms with E-state index in [1.165, 1.54) is 0 Å². The van der Waals surface area contributed by atoms with Crippen LogP contribution in [0.1, 0.15) is 17.3 Å². The van der Waals surface area contributed by atoms with Crippen molar-refractivity contribution in [3.8, 4) is 0 Å². The molecule has 0 fully saturated rings. The Morgan fingerprint density at radius 2 is 2.29 bits per heavy atom. The van der Waals surface area contributed by atoms with Crippen LogP contribution in [0.25, 0.3) is 0 Å². The number of carbonyl (C=O) groups is 1. The van der Waals surface area contributed by atoms with Gasteiger partial charge in [-0.05, 0) is 54.0 Å². The Labute approximate surface area is 120 Å². The SMILES string of the molecule is CS[C@@H](CO)[C@@H](C)NC(=O)c1cccc(I)c1. The lowest BCUT2D eigenvalue weighted by molar-refractivity contribution is 0.0936. The summed E-state index contributed by atoms with van der Waals surface area (Å²) < 4.78 is 1.03. The van der Waals surface area contributed by atoms with Gasteiger partial charge in [0.15, 0.2) is 0 Å². The molecule has 0 radical (unpaired) electrons. The molecule has 2 atom stereocenters. The summed E-state index contributed by atoms with van der Waals surface area (Å²) in [6, 6.07) is 7.38. The largest absolute Gasteiger partial charge is 0.395 e. The second-order valence-corrected chi connectivity index (χ2v) is 6.05. The lowest BCUT2D eigenvalue weighted by Crippen LogP contribution is -2.41. The molecule has 0 aliphatic carbocycles. The molecule has 1 rings (SSSR count). The number of amides is 1. The fourth-order valence-electron chi connectivity index (χ4n) is 1.45. The normalized spacial score (nSPS) is 14.1. The molecule has 17 heavy (non-hydrogen) atoms. The summed E-state index contributed by atoms with van der Waals surface area (Å²) in [6.45, 7) is 1.97. The highest BCUT2D eigenvalue weighted by Gasteiger charge is 2.18. The molecule has 0 saturated heterocycles. The molecule has 5 heteroatoms. The highest BCUT2D eigenvalue weighted by Crippen LogP contribution is 2.12. The van der Waals surface area contributed by atoms with Gasteiger partial charge >= 0.3 is 0 Å². The summed E-state index contributed by atoms with van der Waals surface area (Å²) in [5, 5.41) is 12.1. The number of thioether (sulfide) groups is 1. The van der Waals surface area contributed by atoms with Crippen molar-refractivity contribution in [3.05, 3.63) is 33.4 Å². The standard InChI is InChI=1S/C12H16INO2S/c1-8(11(7-15)17-2)14-12(16)9-4-3-5-10(13)6-9/h3-6,8,11,15H,7H2,1-2H3,(H,14,16)/t8-,11+/m1/s1. The monoisotopic (exact) mass is 365 g/mol. The molecule has 0 spiro atoms. The highest BCUT2D eigenvalue weighted by atomic mass is 127. The zero-order valence-electron chi connectivity index (χ0n) is 9.81. The fraction of sp³-hybridized carbons (Fsp3) is 0.417. The van der Waals surface area contributed by atoms with E-state index in [9.17, 15) is 4.79 Å². The van der Waals surface area contributed by atoms with Crippen LogP contribution in [0.2, 0.25) is 0 Å². The summed E-state index contributed by atoms with van der Waals surface area (Å²) >= 11 is 3.73. The Balaban J connectivity index is 2.66. The second-order valence-electron chi connectivity index (χ2n) is 3.73. The van der Waals surface area contributed by atoms with Crippen molar-refractivity contribution in [2.75, 3.05) is 12.9 Å². The van der Waals surface area contributed by atoms with Gasteiger partial charge in [-0.2, -0.15) is 11.8 Å². The average molecular weight is 365 g/mol. The van der Waals surface area contributed by atoms with Crippen molar-refractivity contribution >= 4 is 40.3 Å². The van der Waals surface area contributed by atoms with Crippen LogP contribution in [0.5, 0.6) is 0 Å². The third kappa shape index (κ3) is 4.48. The first-order valence-corrected chi connectivity index (χ1v) is 7.65. The Bertz CT molecular complexity index is 383. The van der Waals surface area contributed by atoms with Crippen LogP contribution in [-0.4, -0.2) is 35.2 Å². The quantitative estimate of drug-likeness (QED) is 0.787. The molecule has 2 N–H and O–H groups in total. The smallest absolute Gasteiger partial charge is 0.251 e. The van der Waals surface area contributed by atoms with E-state index in [-0.39, 0.29) is 23.8 Å². The number of halogens is 1. The molecule has 94 valence electrons. The Morgan fingerprint density at radius 1 is 1.59 bits per heavy atom. The minimum atomic E-state index is -0.0940. The maximum absolute atomic E-state index is 11.9. The molecule has 0 aliphatic rings. The molecule has 1 aromatic rings. The van der Waals surface area contributed by atoms with E-state index in [0.717, 1.165) is 3.57 Å². The van der Waals surface area contributed by atoms with Crippen LogP contribution < -0.4 is 5.32 Å². The average Bonchev–Trinajstić information content (AvgIpc) is 2.30. The number of aliphatic hydroxyl groups excluding tert-OH is 1. The molecule has 0 aromatic heterocycles. The zero-order chi connectivity index (χ0) is 12.8. The number of hydrogen-bond acceptors (Lipinski definition) is 3. The summed E-state index contributed by atoms with van der Waals surface area (Å²) in [5.74, 6) is -0.0940. The summed E-state index contributed by atoms with van der Waals surface area (Å²) in [5.41, 5.74) is 0.654. The number of hydrogen-bond donors (Lipinski definition) is 2. The third-order valence-corrected chi connectivity index (χ3v) is 4.32. The van der Waals surface area contributed by atoms with Gasteiger partial charge in [0, 0.05) is 20.4 Å². The minimum absolute atomic E-state index is 0.0294. The van der Waals surface area contributed by atoms with E-state index >= 15 is 0 Å². The van der Waals surface area contributed by atoms with E-state index < -0.39 is 0 Å². The summed E-state index contributed by atoms with van der Waals surface area (Å²) in [7, 11) is 0. The van der Waals surface area contributed by atoms with Crippen molar-refractivity contribution in [2.24, 2.45) is 0 Å². The van der Waals surface area contributed by atoms with Crippen LogP contribution in [0.4, 0.5) is 0 Å². The molecule has 1 amide bonds. The Morgan fingerprint density at radius 3 is 2.82 bits per heavy atom. The van der Waals surface area contributed by atoms with Gasteiger partial charge in [-0.25, -0.2) is 0 Å². The van der Waals surface area contributed by atoms with Crippen molar-refractivity contribution in [3.63, 3.8) is 0 Å². The van der Waals surface area contributed by atoms with Crippen molar-refractivity contribution in [1.82, 2.24) is 5.32 Å². The van der Waals surface area contributed by atoms with Crippen LogP contribution in [0.3, 0.4) is 0 Å². The predicted molar refractivity (Wildman–Crippen MR) is 80.5 cm³/mol. The number of aliphatic hydroxyl groups is 1. The van der Waals surface area contributed by atoms with Gasteiger partial charge in [0.25, 0.3) is 5.91 Å². The summed E-state index contributed by atoms with van der Waals surface area (Å²) in [4.78, 5) is 11.9. The molecule has 3 nitrogen and oxygen atoms in total. The van der Waals surface area contributed by atoms with Crippen molar-refractivity contribution in [1.29, 1.82) is 0 Å². The molecule has 0 heterocycles. The first-order chi connectivity index (χ1) is 8.08. The predicted octanol–water partition coefficient (Wildman–Crippen LogP) is 2.13. The van der Waals surface area contributed by atoms with E-state index in [1.807, 2.05) is 31.4 Å². The number of nitrogens with one attached hydrogen (secondary N) is 1. The molecule has 0 aliphatic heterocycles. The molecular formula is C12H16INO2S. The third-order valence-electron chi connectivity index (χ3n) is 2.49. The number of rotatable bonds is 5. The van der Waals surface area contributed by atoms with Crippen LogP contribution in [-0.2, 0) is 0 Å². The van der Waals surface area contributed by atoms with Crippen LogP contribution >= 0.6 is 34.4 Å². The lowest BCUT2D eigenvalue weighted by atomic mass is 10.2. The van der Waals surface area contributed by atoms with E-state index in [4.69, 9.17) is 5.11 Å². The number of benzene rings is 1. The first kappa shape index (κ1) is 14.8. The maximum atomic E-state index is 11.9. The topological polar surface area (TPSA) is 49.3 Å². The molecule has 0 unspecified atom stereocenters. The molecule has 0 bridgehead atoms. The minimum Gasteiger partial charge on any atom is -0.395 e. The molecule has 1 aromatic carbocycles. The van der Waals surface area contributed by atoms with E-state index in [2.05, 4.69) is 27.9 Å². The van der Waals surface area contributed by atoms with Gasteiger partial charge in [-0.3, -0.25) is 4.79 Å². The van der Waals surface area contributed by atoms with Gasteiger partial charge < -0.3 is 10.4 Å². The Hall–Kier alpha value is -0.270. The van der Waals surface area contributed by atoms with Crippen molar-refractivity contribution in [2.45, 2.75) is 18.2 Å². The van der Waals surface area contributed by atoms with Crippen LogP contribution in [0.15, 0.2) is 24.3 Å². The molecule has 0 saturated carbocycles. The van der Waals surface area contributed by atoms with Gasteiger partial charge in [0.1, 0.15) is 0 Å². The molecular weight excluding hydrogens is 349 g/mol.